The van der Waals surface area contributed by atoms with E-state index in [4.69, 9.17) is 4.74 Å². The average molecular weight is 393 g/mol. The van der Waals surface area contributed by atoms with E-state index in [0.717, 1.165) is 37.3 Å². The molecular weight excluding hydrogens is 360 g/mol. The summed E-state index contributed by atoms with van der Waals surface area (Å²) in [4.78, 5) is 15.2. The van der Waals surface area contributed by atoms with Crippen LogP contribution < -0.4 is 5.32 Å². The van der Waals surface area contributed by atoms with Crippen molar-refractivity contribution in [3.05, 3.63) is 65.2 Å². The van der Waals surface area contributed by atoms with Crippen molar-refractivity contribution in [2.75, 3.05) is 25.6 Å². The highest BCUT2D eigenvalue weighted by atomic mass is 16.5. The zero-order valence-corrected chi connectivity index (χ0v) is 17.6. The van der Waals surface area contributed by atoms with Gasteiger partial charge in [-0.2, -0.15) is 0 Å². The Labute approximate surface area is 174 Å². The number of carbonyl (C=O) groups is 1. The second kappa shape index (κ2) is 9.10. The maximum atomic E-state index is 12.6. The molecule has 0 bridgehead atoms. The summed E-state index contributed by atoms with van der Waals surface area (Å²) < 4.78 is 5.53. The fourth-order valence-electron chi connectivity index (χ4n) is 5.00. The number of amides is 1. The molecular formula is C25H32N2O2. The van der Waals surface area contributed by atoms with Gasteiger partial charge < -0.3 is 15.0 Å². The molecule has 2 atom stereocenters. The smallest absolute Gasteiger partial charge is 0.255 e. The lowest BCUT2D eigenvalue weighted by Crippen LogP contribution is -2.42. The molecule has 2 unspecified atom stereocenters. The summed E-state index contributed by atoms with van der Waals surface area (Å²) in [5.74, 6) is 0.544. The van der Waals surface area contributed by atoms with Gasteiger partial charge in [-0.25, -0.2) is 0 Å². The molecule has 0 aromatic heterocycles. The summed E-state index contributed by atoms with van der Waals surface area (Å²) in [7, 11) is 2.30. The molecule has 2 aromatic carbocycles. The minimum Gasteiger partial charge on any atom is -0.381 e. The molecule has 0 spiro atoms. The van der Waals surface area contributed by atoms with E-state index in [2.05, 4.69) is 30.3 Å². The molecule has 29 heavy (non-hydrogen) atoms. The number of hydrogen-bond donors (Lipinski definition) is 1. The Morgan fingerprint density at radius 3 is 2.48 bits per heavy atom. The van der Waals surface area contributed by atoms with Crippen LogP contribution in [0.3, 0.4) is 0 Å². The highest BCUT2D eigenvalue weighted by Crippen LogP contribution is 2.39. The Morgan fingerprint density at radius 2 is 1.76 bits per heavy atom. The second-order valence-corrected chi connectivity index (χ2v) is 8.56. The van der Waals surface area contributed by atoms with Crippen LogP contribution >= 0.6 is 0 Å². The third-order valence-electron chi connectivity index (χ3n) is 6.75. The number of anilines is 1. The third kappa shape index (κ3) is 4.71. The van der Waals surface area contributed by atoms with Gasteiger partial charge in [0, 0.05) is 36.5 Å². The van der Waals surface area contributed by atoms with Crippen molar-refractivity contribution in [3.8, 4) is 0 Å². The Bertz CT molecular complexity index is 830. The first kappa shape index (κ1) is 20.1. The van der Waals surface area contributed by atoms with E-state index in [1.807, 2.05) is 42.5 Å². The molecule has 2 fully saturated rings. The lowest BCUT2D eigenvalue weighted by molar-refractivity contribution is 0.0292. The highest BCUT2D eigenvalue weighted by Gasteiger charge is 2.32. The van der Waals surface area contributed by atoms with Crippen LogP contribution in [0.5, 0.6) is 0 Å². The fraction of sp³-hybridized carbons (Fsp3) is 0.480. The zero-order chi connectivity index (χ0) is 20.2. The van der Waals surface area contributed by atoms with Gasteiger partial charge in [0.2, 0.25) is 0 Å². The number of para-hydroxylation sites is 1. The highest BCUT2D eigenvalue weighted by molar-refractivity contribution is 6.04. The number of ether oxygens (including phenoxy) is 1. The first-order valence-corrected chi connectivity index (χ1v) is 10.9. The number of aryl methyl sites for hydroxylation is 1. The summed E-state index contributed by atoms with van der Waals surface area (Å²) in [6.07, 6.45) is 6.01. The molecule has 0 radical (unpaired) electrons. The summed E-state index contributed by atoms with van der Waals surface area (Å²) >= 11 is 0. The van der Waals surface area contributed by atoms with Crippen LogP contribution in [0.15, 0.2) is 48.5 Å². The van der Waals surface area contributed by atoms with E-state index < -0.39 is 0 Å². The zero-order valence-electron chi connectivity index (χ0n) is 17.6. The number of benzene rings is 2. The topological polar surface area (TPSA) is 41.6 Å². The molecule has 1 saturated heterocycles. The van der Waals surface area contributed by atoms with Crippen molar-refractivity contribution in [1.29, 1.82) is 0 Å². The maximum Gasteiger partial charge on any atom is 0.255 e. The normalized spacial score (nSPS) is 22.7. The van der Waals surface area contributed by atoms with Gasteiger partial charge in [0.15, 0.2) is 0 Å². The maximum absolute atomic E-state index is 12.6. The van der Waals surface area contributed by atoms with Gasteiger partial charge in [0.25, 0.3) is 5.91 Å². The van der Waals surface area contributed by atoms with Gasteiger partial charge in [0.1, 0.15) is 0 Å². The number of nitrogens with zero attached hydrogens (tertiary/aromatic N) is 1. The summed E-state index contributed by atoms with van der Waals surface area (Å²) in [5, 5.41) is 2.98. The number of rotatable bonds is 5. The van der Waals surface area contributed by atoms with Crippen molar-refractivity contribution >= 4 is 11.6 Å². The molecule has 1 saturated carbocycles. The van der Waals surface area contributed by atoms with Gasteiger partial charge in [-0.3, -0.25) is 4.79 Å². The van der Waals surface area contributed by atoms with E-state index in [0.29, 0.717) is 18.0 Å². The van der Waals surface area contributed by atoms with Crippen molar-refractivity contribution in [3.63, 3.8) is 0 Å². The second-order valence-electron chi connectivity index (χ2n) is 8.56. The van der Waals surface area contributed by atoms with E-state index in [1.54, 1.807) is 0 Å². The van der Waals surface area contributed by atoms with Crippen molar-refractivity contribution in [1.82, 2.24) is 4.90 Å². The summed E-state index contributed by atoms with van der Waals surface area (Å²) in [6, 6.07) is 17.1. The first-order valence-electron chi connectivity index (χ1n) is 10.9. The van der Waals surface area contributed by atoms with Crippen LogP contribution in [0.2, 0.25) is 0 Å². The van der Waals surface area contributed by atoms with Crippen LogP contribution in [-0.2, 0) is 4.74 Å². The summed E-state index contributed by atoms with van der Waals surface area (Å²) in [5.41, 5.74) is 4.19. The minimum atomic E-state index is -0.0469. The van der Waals surface area contributed by atoms with Gasteiger partial charge >= 0.3 is 0 Å². The SMILES string of the molecule is Cc1cc(C(=O)Nc2ccccc2)ccc1C1CCC(N(C)C2CCOCC2)C1. The number of carbonyl (C=O) groups excluding carboxylic acids is 1. The average Bonchev–Trinajstić information content (AvgIpc) is 3.24. The van der Waals surface area contributed by atoms with E-state index in [-0.39, 0.29) is 5.91 Å². The molecule has 4 heteroatoms. The van der Waals surface area contributed by atoms with Gasteiger partial charge in [-0.15, -0.1) is 0 Å². The lowest BCUT2D eigenvalue weighted by Gasteiger charge is -2.35. The van der Waals surface area contributed by atoms with Crippen molar-refractivity contribution in [2.24, 2.45) is 0 Å². The van der Waals surface area contributed by atoms with E-state index >= 15 is 0 Å². The van der Waals surface area contributed by atoms with Crippen LogP contribution in [0.4, 0.5) is 5.69 Å². The standard InChI is InChI=1S/C25H32N2O2/c1-18-16-20(25(28)26-21-6-4-3-5-7-21)9-11-24(18)19-8-10-23(17-19)27(2)22-12-14-29-15-13-22/h3-7,9,11,16,19,22-23H,8,10,12-15,17H2,1-2H3,(H,26,28). The van der Waals surface area contributed by atoms with Crippen LogP contribution in [0, 0.1) is 6.92 Å². The molecule has 154 valence electrons. The molecule has 2 aliphatic rings. The predicted octanol–water partition coefficient (Wildman–Crippen LogP) is 4.99. The first-order chi connectivity index (χ1) is 14.1. The minimum absolute atomic E-state index is 0.0469. The summed E-state index contributed by atoms with van der Waals surface area (Å²) in [6.45, 7) is 3.94. The Kier molecular flexibility index (Phi) is 6.31. The van der Waals surface area contributed by atoms with Crippen LogP contribution in [0.1, 0.15) is 59.5 Å². The Morgan fingerprint density at radius 1 is 1.00 bits per heavy atom. The van der Waals surface area contributed by atoms with Crippen LogP contribution in [-0.4, -0.2) is 43.2 Å². The van der Waals surface area contributed by atoms with Crippen molar-refractivity contribution in [2.45, 2.75) is 57.0 Å². The molecule has 1 heterocycles. The molecule has 2 aromatic rings. The quantitative estimate of drug-likeness (QED) is 0.779. The van der Waals surface area contributed by atoms with Gasteiger partial charge in [0.05, 0.1) is 0 Å². The predicted molar refractivity (Wildman–Crippen MR) is 118 cm³/mol. The van der Waals surface area contributed by atoms with Crippen LogP contribution in [0.25, 0.3) is 0 Å². The van der Waals surface area contributed by atoms with E-state index in [1.165, 1.54) is 30.4 Å². The molecule has 1 N–H and O–H groups in total. The third-order valence-corrected chi connectivity index (χ3v) is 6.75. The molecule has 4 rings (SSSR count). The van der Waals surface area contributed by atoms with Gasteiger partial charge in [-0.05, 0) is 87.4 Å². The monoisotopic (exact) mass is 392 g/mol. The number of hydrogen-bond acceptors (Lipinski definition) is 3. The lowest BCUT2D eigenvalue weighted by atomic mass is 9.91. The molecule has 1 aliphatic carbocycles. The van der Waals surface area contributed by atoms with E-state index in [9.17, 15) is 4.79 Å². The molecule has 4 nitrogen and oxygen atoms in total. The largest absolute Gasteiger partial charge is 0.381 e. The fourth-order valence-corrected chi connectivity index (χ4v) is 5.00. The molecule has 1 aliphatic heterocycles. The Hall–Kier alpha value is -2.17. The van der Waals surface area contributed by atoms with Crippen molar-refractivity contribution < 1.29 is 9.53 Å². The Balaban J connectivity index is 1.40. The van der Waals surface area contributed by atoms with Gasteiger partial charge in [-0.1, -0.05) is 24.3 Å². The number of nitrogens with one attached hydrogen (secondary N) is 1. The molecule has 1 amide bonds.